The summed E-state index contributed by atoms with van der Waals surface area (Å²) < 4.78 is 0. The van der Waals surface area contributed by atoms with Crippen LogP contribution in [-0.2, 0) is 19.2 Å². The quantitative estimate of drug-likeness (QED) is 0.338. The molecule has 2 amide bonds. The average Bonchev–Trinajstić information content (AvgIpc) is 2.30. The molecule has 0 rings (SSSR count). The van der Waals surface area contributed by atoms with Crippen LogP contribution < -0.4 is 16.4 Å². The number of carboxylic acids is 2. The smallest absolute Gasteiger partial charge is 0.326 e. The Kier molecular flexibility index (Phi) is 7.12. The number of carbonyl (C=O) groups is 4. The van der Waals surface area contributed by atoms with Gasteiger partial charge < -0.3 is 26.6 Å². The van der Waals surface area contributed by atoms with Crippen molar-refractivity contribution in [1.29, 1.82) is 0 Å². The molecule has 0 aliphatic heterocycles. The number of carbonyl (C=O) groups excluding carboxylic acids is 2. The van der Waals surface area contributed by atoms with Crippen LogP contribution in [-0.4, -0.2) is 52.6 Å². The van der Waals surface area contributed by atoms with Gasteiger partial charge >= 0.3 is 11.9 Å². The van der Waals surface area contributed by atoms with Gasteiger partial charge in [0, 0.05) is 6.42 Å². The fraction of sp³-hybridized carbons (Fsp3) is 0.600. The number of carboxylic acid groups (broad SMARTS) is 2. The lowest BCUT2D eigenvalue weighted by atomic mass is 10.1. The minimum Gasteiger partial charge on any atom is -0.481 e. The second-order valence-electron chi connectivity index (χ2n) is 3.90. The normalized spacial score (nSPS) is 13.2. The van der Waals surface area contributed by atoms with Gasteiger partial charge in [0.1, 0.15) is 6.04 Å². The summed E-state index contributed by atoms with van der Waals surface area (Å²) in [5.74, 6) is -3.78. The second kappa shape index (κ2) is 8.03. The van der Waals surface area contributed by atoms with E-state index in [1.807, 2.05) is 0 Å². The van der Waals surface area contributed by atoms with Crippen LogP contribution in [0.1, 0.15) is 19.8 Å². The Morgan fingerprint density at radius 2 is 1.79 bits per heavy atom. The summed E-state index contributed by atoms with van der Waals surface area (Å²) in [5.41, 5.74) is 5.25. The molecule has 0 aromatic rings. The monoisotopic (exact) mass is 275 g/mol. The first-order chi connectivity index (χ1) is 8.73. The van der Waals surface area contributed by atoms with Crippen LogP contribution in [0.3, 0.4) is 0 Å². The molecule has 0 spiro atoms. The standard InChI is InChI=1S/C10H17N3O6/c1-5(11)9(17)12-4-7(14)13-6(10(18)19)2-3-8(15)16/h5-6H,2-4,11H2,1H3,(H,12,17)(H,13,14)(H,15,16)(H,18,19)/t5-,6+/m0/s1. The molecular formula is C10H17N3O6. The van der Waals surface area contributed by atoms with Gasteiger partial charge in [-0.1, -0.05) is 0 Å². The average molecular weight is 275 g/mol. The molecule has 0 radical (unpaired) electrons. The molecule has 0 aliphatic carbocycles. The van der Waals surface area contributed by atoms with Crippen LogP contribution in [0.15, 0.2) is 0 Å². The summed E-state index contributed by atoms with van der Waals surface area (Å²) in [7, 11) is 0. The van der Waals surface area contributed by atoms with Crippen molar-refractivity contribution in [2.75, 3.05) is 6.54 Å². The fourth-order valence-corrected chi connectivity index (χ4v) is 1.10. The van der Waals surface area contributed by atoms with Gasteiger partial charge in [0.2, 0.25) is 11.8 Å². The first-order valence-electron chi connectivity index (χ1n) is 5.51. The molecule has 19 heavy (non-hydrogen) atoms. The lowest BCUT2D eigenvalue weighted by Crippen LogP contribution is -2.48. The third-order valence-electron chi connectivity index (χ3n) is 2.12. The van der Waals surface area contributed by atoms with Gasteiger partial charge in [-0.3, -0.25) is 14.4 Å². The summed E-state index contributed by atoms with van der Waals surface area (Å²) >= 11 is 0. The molecular weight excluding hydrogens is 258 g/mol. The number of rotatable bonds is 8. The molecule has 0 unspecified atom stereocenters. The van der Waals surface area contributed by atoms with Crippen molar-refractivity contribution in [1.82, 2.24) is 10.6 Å². The molecule has 2 atom stereocenters. The maximum Gasteiger partial charge on any atom is 0.326 e. The third kappa shape index (κ3) is 7.71. The zero-order valence-electron chi connectivity index (χ0n) is 10.4. The molecule has 0 aromatic heterocycles. The van der Waals surface area contributed by atoms with Gasteiger partial charge in [-0.15, -0.1) is 0 Å². The minimum absolute atomic E-state index is 0.238. The van der Waals surface area contributed by atoms with Gasteiger partial charge in [-0.2, -0.15) is 0 Å². The summed E-state index contributed by atoms with van der Waals surface area (Å²) in [6.07, 6.45) is -0.624. The minimum atomic E-state index is -1.34. The van der Waals surface area contributed by atoms with Crippen LogP contribution in [0, 0.1) is 0 Å². The van der Waals surface area contributed by atoms with Crippen molar-refractivity contribution in [3.05, 3.63) is 0 Å². The highest BCUT2D eigenvalue weighted by molar-refractivity contribution is 5.89. The van der Waals surface area contributed by atoms with E-state index in [1.165, 1.54) is 6.92 Å². The highest BCUT2D eigenvalue weighted by Gasteiger charge is 2.21. The predicted octanol–water partition coefficient (Wildman–Crippen LogP) is -2.12. The molecule has 0 aliphatic rings. The number of nitrogens with one attached hydrogen (secondary N) is 2. The molecule has 9 heteroatoms. The van der Waals surface area contributed by atoms with E-state index in [2.05, 4.69) is 10.6 Å². The Balaban J connectivity index is 4.21. The molecule has 0 bridgehead atoms. The molecule has 0 aromatic carbocycles. The number of aliphatic carboxylic acids is 2. The Morgan fingerprint density at radius 1 is 1.21 bits per heavy atom. The first kappa shape index (κ1) is 16.8. The maximum atomic E-state index is 11.4. The van der Waals surface area contributed by atoms with E-state index in [0.717, 1.165) is 0 Å². The molecule has 9 nitrogen and oxygen atoms in total. The zero-order valence-corrected chi connectivity index (χ0v) is 10.4. The van der Waals surface area contributed by atoms with E-state index in [9.17, 15) is 19.2 Å². The molecule has 0 heterocycles. The van der Waals surface area contributed by atoms with Crippen molar-refractivity contribution in [2.24, 2.45) is 5.73 Å². The van der Waals surface area contributed by atoms with E-state index in [-0.39, 0.29) is 12.8 Å². The fourth-order valence-electron chi connectivity index (χ4n) is 1.10. The number of nitrogens with two attached hydrogens (primary N) is 1. The van der Waals surface area contributed by atoms with Crippen LogP contribution in [0.2, 0.25) is 0 Å². The van der Waals surface area contributed by atoms with Crippen LogP contribution in [0.25, 0.3) is 0 Å². The summed E-state index contributed by atoms with van der Waals surface area (Å²) in [6, 6.07) is -2.09. The second-order valence-corrected chi connectivity index (χ2v) is 3.90. The summed E-state index contributed by atoms with van der Waals surface area (Å²) in [4.78, 5) is 43.5. The maximum absolute atomic E-state index is 11.4. The van der Waals surface area contributed by atoms with Crippen LogP contribution in [0.4, 0.5) is 0 Å². The van der Waals surface area contributed by atoms with Gasteiger partial charge in [-0.25, -0.2) is 4.79 Å². The molecule has 6 N–H and O–H groups in total. The highest BCUT2D eigenvalue weighted by Crippen LogP contribution is 1.97. The lowest BCUT2D eigenvalue weighted by molar-refractivity contribution is -0.142. The first-order valence-corrected chi connectivity index (χ1v) is 5.51. The van der Waals surface area contributed by atoms with Gasteiger partial charge in [0.15, 0.2) is 0 Å². The summed E-state index contributed by atoms with van der Waals surface area (Å²) in [5, 5.41) is 21.5. The Bertz CT molecular complexity index is 368. The largest absolute Gasteiger partial charge is 0.481 e. The van der Waals surface area contributed by atoms with Gasteiger partial charge in [0.25, 0.3) is 0 Å². The van der Waals surface area contributed by atoms with E-state index < -0.39 is 42.4 Å². The molecule has 0 saturated heterocycles. The highest BCUT2D eigenvalue weighted by atomic mass is 16.4. The van der Waals surface area contributed by atoms with Crippen molar-refractivity contribution in [3.63, 3.8) is 0 Å². The molecule has 0 fully saturated rings. The zero-order chi connectivity index (χ0) is 15.0. The molecule has 108 valence electrons. The van der Waals surface area contributed by atoms with Crippen LogP contribution >= 0.6 is 0 Å². The summed E-state index contributed by atoms with van der Waals surface area (Å²) in [6.45, 7) is 1.01. The van der Waals surface area contributed by atoms with Gasteiger partial charge in [-0.05, 0) is 13.3 Å². The van der Waals surface area contributed by atoms with E-state index >= 15 is 0 Å². The van der Waals surface area contributed by atoms with Crippen molar-refractivity contribution >= 4 is 23.8 Å². The SMILES string of the molecule is C[C@H](N)C(=O)NCC(=O)N[C@H](CCC(=O)O)C(=O)O. The Morgan fingerprint density at radius 3 is 2.21 bits per heavy atom. The predicted molar refractivity (Wildman–Crippen MR) is 63.1 cm³/mol. The third-order valence-corrected chi connectivity index (χ3v) is 2.12. The van der Waals surface area contributed by atoms with Gasteiger partial charge in [0.05, 0.1) is 12.6 Å². The van der Waals surface area contributed by atoms with E-state index in [1.54, 1.807) is 0 Å². The molecule has 0 saturated carbocycles. The van der Waals surface area contributed by atoms with E-state index in [4.69, 9.17) is 15.9 Å². The Hall–Kier alpha value is -2.16. The number of amides is 2. The Labute approximate surface area is 109 Å². The van der Waals surface area contributed by atoms with Crippen molar-refractivity contribution in [3.8, 4) is 0 Å². The number of hydrogen-bond donors (Lipinski definition) is 5. The van der Waals surface area contributed by atoms with Crippen molar-refractivity contribution < 1.29 is 29.4 Å². The van der Waals surface area contributed by atoms with Crippen molar-refractivity contribution in [2.45, 2.75) is 31.8 Å². The van der Waals surface area contributed by atoms with Crippen LogP contribution in [0.5, 0.6) is 0 Å². The van der Waals surface area contributed by atoms with E-state index in [0.29, 0.717) is 0 Å². The lowest BCUT2D eigenvalue weighted by Gasteiger charge is -2.14. The number of hydrogen-bond acceptors (Lipinski definition) is 5. The topological polar surface area (TPSA) is 159 Å².